The molecule has 0 saturated carbocycles. The standard InChI is InChI=1S/C19H21NO2S/c1-3-22-17-12-8-7-11-16(17)19-20(18(21)14(2)23-19)13-15-9-5-4-6-10-15/h4-12,14,19H,3,13H2,1-2H3. The van der Waals surface area contributed by atoms with Gasteiger partial charge in [0.1, 0.15) is 11.1 Å². The lowest BCUT2D eigenvalue weighted by molar-refractivity contribution is -0.130. The molecule has 0 aliphatic carbocycles. The fourth-order valence-corrected chi connectivity index (χ4v) is 4.13. The normalized spacial score (nSPS) is 20.8. The summed E-state index contributed by atoms with van der Waals surface area (Å²) in [5.41, 5.74) is 2.22. The second-order valence-corrected chi connectivity index (χ2v) is 6.98. The van der Waals surface area contributed by atoms with E-state index in [4.69, 9.17) is 4.74 Å². The third-order valence-electron chi connectivity index (χ3n) is 3.93. The molecule has 23 heavy (non-hydrogen) atoms. The van der Waals surface area contributed by atoms with Gasteiger partial charge in [-0.3, -0.25) is 4.79 Å². The first kappa shape index (κ1) is 15.9. The molecule has 4 heteroatoms. The van der Waals surface area contributed by atoms with E-state index in [0.29, 0.717) is 13.2 Å². The zero-order valence-corrected chi connectivity index (χ0v) is 14.3. The quantitative estimate of drug-likeness (QED) is 0.822. The van der Waals surface area contributed by atoms with Gasteiger partial charge in [0.15, 0.2) is 0 Å². The third kappa shape index (κ3) is 3.37. The Bertz CT molecular complexity index is 674. The molecule has 0 bridgehead atoms. The van der Waals surface area contributed by atoms with Crippen LogP contribution < -0.4 is 4.74 Å². The average Bonchev–Trinajstić information content (AvgIpc) is 2.85. The molecule has 1 aliphatic heterocycles. The van der Waals surface area contributed by atoms with Crippen LogP contribution in [-0.4, -0.2) is 22.7 Å². The molecule has 2 aromatic carbocycles. The van der Waals surface area contributed by atoms with Crippen LogP contribution in [0.1, 0.15) is 30.3 Å². The van der Waals surface area contributed by atoms with Gasteiger partial charge in [-0.05, 0) is 25.5 Å². The summed E-state index contributed by atoms with van der Waals surface area (Å²) < 4.78 is 5.77. The fraction of sp³-hybridized carbons (Fsp3) is 0.316. The number of benzene rings is 2. The highest BCUT2D eigenvalue weighted by atomic mass is 32.2. The van der Waals surface area contributed by atoms with Gasteiger partial charge >= 0.3 is 0 Å². The highest BCUT2D eigenvalue weighted by Gasteiger charge is 2.39. The Hall–Kier alpha value is -1.94. The maximum atomic E-state index is 12.6. The van der Waals surface area contributed by atoms with E-state index in [1.807, 2.05) is 55.1 Å². The van der Waals surface area contributed by atoms with Crippen LogP contribution in [-0.2, 0) is 11.3 Å². The molecule has 0 N–H and O–H groups in total. The number of rotatable bonds is 5. The summed E-state index contributed by atoms with van der Waals surface area (Å²) in [6.45, 7) is 5.21. The van der Waals surface area contributed by atoms with Crippen LogP contribution in [0.15, 0.2) is 54.6 Å². The lowest BCUT2D eigenvalue weighted by atomic mass is 10.1. The minimum atomic E-state index is -0.0293. The first-order valence-electron chi connectivity index (χ1n) is 7.92. The Labute approximate surface area is 141 Å². The Morgan fingerprint density at radius 2 is 1.78 bits per heavy atom. The third-order valence-corrected chi connectivity index (χ3v) is 5.30. The van der Waals surface area contributed by atoms with Crippen molar-refractivity contribution in [2.75, 3.05) is 6.61 Å². The molecule has 1 aliphatic rings. The molecule has 2 unspecified atom stereocenters. The van der Waals surface area contributed by atoms with Crippen molar-refractivity contribution in [3.8, 4) is 5.75 Å². The van der Waals surface area contributed by atoms with Gasteiger partial charge in [0.2, 0.25) is 5.91 Å². The molecule has 2 aromatic rings. The predicted molar refractivity (Wildman–Crippen MR) is 94.4 cm³/mol. The van der Waals surface area contributed by atoms with Crippen LogP contribution in [0.4, 0.5) is 0 Å². The van der Waals surface area contributed by atoms with Gasteiger partial charge in [0.25, 0.3) is 0 Å². The summed E-state index contributed by atoms with van der Waals surface area (Å²) in [6, 6.07) is 18.2. The predicted octanol–water partition coefficient (Wildman–Crippen LogP) is 4.25. The molecule has 0 aromatic heterocycles. The minimum absolute atomic E-state index is 0.000422. The van der Waals surface area contributed by atoms with Crippen molar-refractivity contribution in [2.45, 2.75) is 31.0 Å². The number of carbonyl (C=O) groups excluding carboxylic acids is 1. The Balaban J connectivity index is 1.92. The summed E-state index contributed by atoms with van der Waals surface area (Å²) in [7, 11) is 0. The number of hydrogen-bond acceptors (Lipinski definition) is 3. The summed E-state index contributed by atoms with van der Waals surface area (Å²) >= 11 is 1.69. The summed E-state index contributed by atoms with van der Waals surface area (Å²) in [5.74, 6) is 1.06. The zero-order valence-electron chi connectivity index (χ0n) is 13.4. The smallest absolute Gasteiger partial charge is 0.236 e. The van der Waals surface area contributed by atoms with E-state index in [1.165, 1.54) is 0 Å². The van der Waals surface area contributed by atoms with Crippen molar-refractivity contribution in [3.63, 3.8) is 0 Å². The van der Waals surface area contributed by atoms with Crippen LogP contribution in [0.25, 0.3) is 0 Å². The first-order valence-corrected chi connectivity index (χ1v) is 8.86. The average molecular weight is 327 g/mol. The molecular formula is C19H21NO2S. The summed E-state index contributed by atoms with van der Waals surface area (Å²) in [4.78, 5) is 14.6. The van der Waals surface area contributed by atoms with E-state index >= 15 is 0 Å². The van der Waals surface area contributed by atoms with Crippen LogP contribution in [0, 0.1) is 0 Å². The van der Waals surface area contributed by atoms with Crippen LogP contribution in [0.5, 0.6) is 5.75 Å². The second-order valence-electron chi connectivity index (χ2n) is 5.55. The van der Waals surface area contributed by atoms with Crippen molar-refractivity contribution in [2.24, 2.45) is 0 Å². The Morgan fingerprint density at radius 3 is 2.52 bits per heavy atom. The van der Waals surface area contributed by atoms with E-state index in [1.54, 1.807) is 11.8 Å². The topological polar surface area (TPSA) is 29.5 Å². The minimum Gasteiger partial charge on any atom is -0.493 e. The summed E-state index contributed by atoms with van der Waals surface area (Å²) in [5, 5.41) is -0.0288. The van der Waals surface area contributed by atoms with Crippen molar-refractivity contribution < 1.29 is 9.53 Å². The van der Waals surface area contributed by atoms with Crippen LogP contribution in [0.3, 0.4) is 0 Å². The maximum absolute atomic E-state index is 12.6. The van der Waals surface area contributed by atoms with Crippen LogP contribution >= 0.6 is 11.8 Å². The molecule has 1 fully saturated rings. The second kappa shape index (κ2) is 7.09. The van der Waals surface area contributed by atoms with Gasteiger partial charge in [0, 0.05) is 12.1 Å². The van der Waals surface area contributed by atoms with E-state index in [0.717, 1.165) is 16.9 Å². The number of hydrogen-bond donors (Lipinski definition) is 0. The lowest BCUT2D eigenvalue weighted by Gasteiger charge is -2.25. The molecule has 2 atom stereocenters. The van der Waals surface area contributed by atoms with E-state index in [9.17, 15) is 4.79 Å². The highest BCUT2D eigenvalue weighted by molar-refractivity contribution is 8.01. The molecular weight excluding hydrogens is 306 g/mol. The summed E-state index contributed by atoms with van der Waals surface area (Å²) in [6.07, 6.45) is 0. The monoisotopic (exact) mass is 327 g/mol. The van der Waals surface area contributed by atoms with Crippen LogP contribution in [0.2, 0.25) is 0 Å². The number of carbonyl (C=O) groups is 1. The maximum Gasteiger partial charge on any atom is 0.236 e. The van der Waals surface area contributed by atoms with Gasteiger partial charge in [0.05, 0.1) is 11.9 Å². The van der Waals surface area contributed by atoms with Gasteiger partial charge in [-0.1, -0.05) is 48.5 Å². The molecule has 0 spiro atoms. The largest absolute Gasteiger partial charge is 0.493 e. The first-order chi connectivity index (χ1) is 11.2. The molecule has 1 amide bonds. The molecule has 1 saturated heterocycles. The molecule has 3 nitrogen and oxygen atoms in total. The zero-order chi connectivity index (χ0) is 16.2. The lowest BCUT2D eigenvalue weighted by Crippen LogP contribution is -2.30. The molecule has 0 radical (unpaired) electrons. The van der Waals surface area contributed by atoms with Crippen molar-refractivity contribution in [3.05, 3.63) is 65.7 Å². The SMILES string of the molecule is CCOc1ccccc1C1SC(C)C(=O)N1Cc1ccccc1. The molecule has 120 valence electrons. The molecule has 1 heterocycles. The molecule has 3 rings (SSSR count). The Kier molecular flexibility index (Phi) is 4.91. The number of amides is 1. The van der Waals surface area contributed by atoms with Crippen molar-refractivity contribution in [1.29, 1.82) is 0 Å². The number of para-hydroxylation sites is 1. The van der Waals surface area contributed by atoms with E-state index < -0.39 is 0 Å². The van der Waals surface area contributed by atoms with E-state index in [2.05, 4.69) is 18.2 Å². The van der Waals surface area contributed by atoms with Gasteiger partial charge in [-0.2, -0.15) is 0 Å². The van der Waals surface area contributed by atoms with Crippen molar-refractivity contribution in [1.82, 2.24) is 4.90 Å². The van der Waals surface area contributed by atoms with Gasteiger partial charge in [-0.25, -0.2) is 0 Å². The number of ether oxygens (including phenoxy) is 1. The fourth-order valence-electron chi connectivity index (χ4n) is 2.83. The van der Waals surface area contributed by atoms with Crippen molar-refractivity contribution >= 4 is 17.7 Å². The number of thioether (sulfide) groups is 1. The Morgan fingerprint density at radius 1 is 1.09 bits per heavy atom. The number of nitrogens with zero attached hydrogens (tertiary/aromatic N) is 1. The van der Waals surface area contributed by atoms with Gasteiger partial charge < -0.3 is 9.64 Å². The van der Waals surface area contributed by atoms with E-state index in [-0.39, 0.29) is 16.5 Å². The van der Waals surface area contributed by atoms with Gasteiger partial charge in [-0.15, -0.1) is 11.8 Å². The highest BCUT2D eigenvalue weighted by Crippen LogP contribution is 2.46.